The zero-order valence-corrected chi connectivity index (χ0v) is 14.3. The Morgan fingerprint density at radius 2 is 2.17 bits per heavy atom. The number of nitrogens with zero attached hydrogens (tertiary/aromatic N) is 3. The van der Waals surface area contributed by atoms with Crippen LogP contribution in [0.2, 0.25) is 0 Å². The standard InChI is InChI=1S/C17H14N4OS2/c22-16(17-20-13-4-1-2-5-15(13)24-17)18-10-14(12-6-9-23-11-12)21-8-3-7-19-21/h1-9,11,14H,10H2,(H,18,22)/t14-/m0/s1. The van der Waals surface area contributed by atoms with Crippen LogP contribution in [0.5, 0.6) is 0 Å². The summed E-state index contributed by atoms with van der Waals surface area (Å²) < 4.78 is 2.88. The van der Waals surface area contributed by atoms with Gasteiger partial charge in [0.1, 0.15) is 0 Å². The van der Waals surface area contributed by atoms with Gasteiger partial charge in [0.05, 0.1) is 16.3 Å². The molecule has 3 aromatic heterocycles. The number of thiazole rings is 1. The lowest BCUT2D eigenvalue weighted by atomic mass is 10.1. The number of fused-ring (bicyclic) bond motifs is 1. The Bertz CT molecular complexity index is 877. The van der Waals surface area contributed by atoms with Gasteiger partial charge in [0, 0.05) is 18.9 Å². The molecule has 0 bridgehead atoms. The van der Waals surface area contributed by atoms with Crippen molar-refractivity contribution in [3.63, 3.8) is 0 Å². The van der Waals surface area contributed by atoms with Crippen molar-refractivity contribution in [1.82, 2.24) is 20.1 Å². The molecule has 1 amide bonds. The number of nitrogens with one attached hydrogen (secondary N) is 1. The first-order valence-electron chi connectivity index (χ1n) is 7.46. The minimum Gasteiger partial charge on any atom is -0.347 e. The fourth-order valence-corrected chi connectivity index (χ4v) is 4.12. The van der Waals surface area contributed by atoms with Gasteiger partial charge >= 0.3 is 0 Å². The first-order chi connectivity index (χ1) is 11.8. The Morgan fingerprint density at radius 3 is 2.92 bits per heavy atom. The number of thiophene rings is 1. The molecule has 1 atom stereocenters. The van der Waals surface area contributed by atoms with Crippen LogP contribution in [0.3, 0.4) is 0 Å². The van der Waals surface area contributed by atoms with Crippen LogP contribution >= 0.6 is 22.7 Å². The van der Waals surface area contributed by atoms with Crippen molar-refractivity contribution >= 4 is 38.8 Å². The lowest BCUT2D eigenvalue weighted by molar-refractivity contribution is 0.0949. The maximum Gasteiger partial charge on any atom is 0.280 e. The van der Waals surface area contributed by atoms with Crippen LogP contribution < -0.4 is 5.32 Å². The molecule has 0 unspecified atom stereocenters. The molecule has 7 heteroatoms. The number of hydrogen-bond acceptors (Lipinski definition) is 5. The minimum absolute atomic E-state index is 0.0235. The van der Waals surface area contributed by atoms with E-state index in [0.29, 0.717) is 11.6 Å². The van der Waals surface area contributed by atoms with Crippen LogP contribution in [0.15, 0.2) is 59.6 Å². The van der Waals surface area contributed by atoms with Crippen LogP contribution in [-0.2, 0) is 0 Å². The van der Waals surface area contributed by atoms with Gasteiger partial charge in [-0.2, -0.15) is 16.4 Å². The molecule has 0 radical (unpaired) electrons. The zero-order valence-electron chi connectivity index (χ0n) is 12.6. The van der Waals surface area contributed by atoms with Crippen LogP contribution in [0.1, 0.15) is 21.4 Å². The molecule has 0 saturated heterocycles. The highest BCUT2D eigenvalue weighted by atomic mass is 32.1. The van der Waals surface area contributed by atoms with E-state index < -0.39 is 0 Å². The first-order valence-corrected chi connectivity index (χ1v) is 9.22. The molecule has 4 rings (SSSR count). The molecule has 1 aromatic carbocycles. The molecule has 4 aromatic rings. The van der Waals surface area contributed by atoms with Crippen molar-refractivity contribution in [3.05, 3.63) is 70.1 Å². The van der Waals surface area contributed by atoms with E-state index in [9.17, 15) is 4.79 Å². The topological polar surface area (TPSA) is 59.8 Å². The van der Waals surface area contributed by atoms with Crippen LogP contribution in [0.4, 0.5) is 0 Å². The van der Waals surface area contributed by atoms with Crippen LogP contribution in [-0.4, -0.2) is 27.2 Å². The monoisotopic (exact) mass is 354 g/mol. The number of hydrogen-bond donors (Lipinski definition) is 1. The predicted octanol–water partition coefficient (Wildman–Crippen LogP) is 3.57. The second-order valence-electron chi connectivity index (χ2n) is 5.26. The first kappa shape index (κ1) is 15.0. The Labute approximate surface area is 146 Å². The third kappa shape index (κ3) is 2.95. The Balaban J connectivity index is 1.52. The molecule has 1 N–H and O–H groups in total. The highest BCUT2D eigenvalue weighted by Crippen LogP contribution is 2.22. The predicted molar refractivity (Wildman–Crippen MR) is 96.6 cm³/mol. The average molecular weight is 354 g/mol. The molecule has 0 saturated carbocycles. The highest BCUT2D eigenvalue weighted by molar-refractivity contribution is 7.20. The molecular formula is C17H14N4OS2. The molecular weight excluding hydrogens is 340 g/mol. The minimum atomic E-state index is -0.149. The van der Waals surface area contributed by atoms with Gasteiger partial charge in [0.25, 0.3) is 5.91 Å². The van der Waals surface area contributed by atoms with Gasteiger partial charge in [-0.15, -0.1) is 11.3 Å². The van der Waals surface area contributed by atoms with Gasteiger partial charge in [0.15, 0.2) is 5.01 Å². The normalized spacial score (nSPS) is 12.3. The molecule has 0 spiro atoms. The second kappa shape index (κ2) is 6.54. The van der Waals surface area contributed by atoms with Crippen molar-refractivity contribution in [2.45, 2.75) is 6.04 Å². The number of para-hydroxylation sites is 1. The number of rotatable bonds is 5. The number of carbonyl (C=O) groups is 1. The third-order valence-electron chi connectivity index (χ3n) is 3.72. The highest BCUT2D eigenvalue weighted by Gasteiger charge is 2.18. The number of amides is 1. The van der Waals surface area contributed by atoms with E-state index in [2.05, 4.69) is 26.8 Å². The number of carbonyl (C=O) groups excluding carboxylic acids is 1. The van der Waals surface area contributed by atoms with Gasteiger partial charge in [-0.1, -0.05) is 12.1 Å². The third-order valence-corrected chi connectivity index (χ3v) is 5.45. The molecule has 0 aliphatic heterocycles. The SMILES string of the molecule is O=C(NC[C@@H](c1ccsc1)n1cccn1)c1nc2ccccc2s1. The zero-order chi connectivity index (χ0) is 16.4. The van der Waals surface area contributed by atoms with Crippen molar-refractivity contribution in [3.8, 4) is 0 Å². The van der Waals surface area contributed by atoms with Crippen LogP contribution in [0.25, 0.3) is 10.2 Å². The number of benzene rings is 1. The van der Waals surface area contributed by atoms with E-state index >= 15 is 0 Å². The Hall–Kier alpha value is -2.51. The molecule has 0 aliphatic carbocycles. The van der Waals surface area contributed by atoms with Gasteiger partial charge in [0.2, 0.25) is 0 Å². The quantitative estimate of drug-likeness (QED) is 0.596. The molecule has 24 heavy (non-hydrogen) atoms. The fourth-order valence-electron chi connectivity index (χ4n) is 2.53. The van der Waals surface area contributed by atoms with Crippen molar-refractivity contribution in [1.29, 1.82) is 0 Å². The summed E-state index contributed by atoms with van der Waals surface area (Å²) in [6, 6.07) is 11.7. The van der Waals surface area contributed by atoms with Crippen LogP contribution in [0, 0.1) is 0 Å². The summed E-state index contributed by atoms with van der Waals surface area (Å²) in [4.78, 5) is 16.9. The lowest BCUT2D eigenvalue weighted by Gasteiger charge is -2.17. The van der Waals surface area contributed by atoms with Crippen molar-refractivity contribution in [2.24, 2.45) is 0 Å². The Morgan fingerprint density at radius 1 is 1.25 bits per heavy atom. The maximum atomic E-state index is 12.5. The van der Waals surface area contributed by atoms with Crippen molar-refractivity contribution < 1.29 is 4.79 Å². The molecule has 5 nitrogen and oxygen atoms in total. The summed E-state index contributed by atoms with van der Waals surface area (Å²) in [5.41, 5.74) is 1.99. The largest absolute Gasteiger partial charge is 0.347 e. The van der Waals surface area contributed by atoms with E-state index in [-0.39, 0.29) is 11.9 Å². The summed E-state index contributed by atoms with van der Waals surface area (Å²) in [5.74, 6) is -0.149. The summed E-state index contributed by atoms with van der Waals surface area (Å²) in [6.07, 6.45) is 3.65. The Kier molecular flexibility index (Phi) is 4.10. The average Bonchev–Trinajstić information content (AvgIpc) is 3.35. The van der Waals surface area contributed by atoms with E-state index in [1.165, 1.54) is 11.3 Å². The van der Waals surface area contributed by atoms with E-state index in [4.69, 9.17) is 0 Å². The lowest BCUT2D eigenvalue weighted by Crippen LogP contribution is -2.31. The van der Waals surface area contributed by atoms with Gasteiger partial charge < -0.3 is 5.32 Å². The molecule has 120 valence electrons. The van der Waals surface area contributed by atoms with Gasteiger partial charge in [-0.05, 0) is 40.6 Å². The smallest absolute Gasteiger partial charge is 0.280 e. The van der Waals surface area contributed by atoms with E-state index in [0.717, 1.165) is 15.8 Å². The fraction of sp³-hybridized carbons (Fsp3) is 0.118. The van der Waals surface area contributed by atoms with Gasteiger partial charge in [-0.25, -0.2) is 4.98 Å². The van der Waals surface area contributed by atoms with E-state index in [1.807, 2.05) is 46.6 Å². The summed E-state index contributed by atoms with van der Waals surface area (Å²) >= 11 is 3.04. The summed E-state index contributed by atoms with van der Waals surface area (Å²) in [6.45, 7) is 0.465. The molecule has 3 heterocycles. The molecule has 0 aliphatic rings. The van der Waals surface area contributed by atoms with E-state index in [1.54, 1.807) is 17.5 Å². The molecule has 0 fully saturated rings. The second-order valence-corrected chi connectivity index (χ2v) is 7.07. The summed E-state index contributed by atoms with van der Waals surface area (Å²) in [5, 5.41) is 11.9. The van der Waals surface area contributed by atoms with Gasteiger partial charge in [-0.3, -0.25) is 9.48 Å². The summed E-state index contributed by atoms with van der Waals surface area (Å²) in [7, 11) is 0. The maximum absolute atomic E-state index is 12.5. The van der Waals surface area contributed by atoms with Crippen molar-refractivity contribution in [2.75, 3.05) is 6.54 Å². The number of aromatic nitrogens is 3.